The molecule has 1 unspecified atom stereocenters. The number of amides is 1. The molecule has 4 nitrogen and oxygen atoms in total. The van der Waals surface area contributed by atoms with Crippen LogP contribution < -0.4 is 0 Å². The van der Waals surface area contributed by atoms with Crippen LogP contribution in [0, 0.1) is 11.8 Å². The average molecular weight is 241 g/mol. The molecule has 0 bridgehead atoms. The quantitative estimate of drug-likeness (QED) is 0.705. The van der Waals surface area contributed by atoms with Crippen molar-refractivity contribution in [3.05, 3.63) is 0 Å². The van der Waals surface area contributed by atoms with Crippen LogP contribution >= 0.6 is 0 Å². The predicted octanol–water partition coefficient (Wildman–Crippen LogP) is 1.83. The Labute approximate surface area is 103 Å². The summed E-state index contributed by atoms with van der Waals surface area (Å²) in [5, 5.41) is 0. The van der Waals surface area contributed by atoms with Crippen LogP contribution in [0.1, 0.15) is 40.5 Å². The Bertz CT molecular complexity index is 291. The fourth-order valence-corrected chi connectivity index (χ4v) is 2.86. The van der Waals surface area contributed by atoms with Gasteiger partial charge in [-0.3, -0.25) is 4.79 Å². The van der Waals surface area contributed by atoms with Gasteiger partial charge in [0.2, 0.25) is 5.91 Å². The van der Waals surface area contributed by atoms with Gasteiger partial charge >= 0.3 is 5.97 Å². The monoisotopic (exact) mass is 241 g/mol. The maximum absolute atomic E-state index is 12.0. The number of rotatable bonds is 4. The molecule has 98 valence electrons. The summed E-state index contributed by atoms with van der Waals surface area (Å²) in [5.74, 6) is 0.461. The van der Waals surface area contributed by atoms with Gasteiger partial charge in [0, 0.05) is 12.5 Å². The molecule has 0 aromatic rings. The van der Waals surface area contributed by atoms with Gasteiger partial charge < -0.3 is 9.64 Å². The van der Waals surface area contributed by atoms with Crippen LogP contribution in [0.2, 0.25) is 0 Å². The second-order valence-corrected chi connectivity index (χ2v) is 5.36. The molecule has 1 atom stereocenters. The fraction of sp³-hybridized carbons (Fsp3) is 0.846. The number of hydrogen-bond acceptors (Lipinski definition) is 3. The van der Waals surface area contributed by atoms with Crippen molar-refractivity contribution in [1.29, 1.82) is 0 Å². The largest absolute Gasteiger partial charge is 0.467 e. The third kappa shape index (κ3) is 2.79. The Hall–Kier alpha value is -1.06. The van der Waals surface area contributed by atoms with Crippen LogP contribution in [-0.4, -0.2) is 36.0 Å². The summed E-state index contributed by atoms with van der Waals surface area (Å²) in [5.41, 5.74) is 0. The molecule has 0 radical (unpaired) electrons. The van der Waals surface area contributed by atoms with Crippen molar-refractivity contribution in [2.45, 2.75) is 52.6 Å². The maximum Gasteiger partial charge on any atom is 0.328 e. The highest BCUT2D eigenvalue weighted by atomic mass is 16.5. The van der Waals surface area contributed by atoms with Gasteiger partial charge in [0.25, 0.3) is 0 Å². The number of esters is 1. The molecule has 1 aliphatic heterocycles. The van der Waals surface area contributed by atoms with Crippen LogP contribution in [0.15, 0.2) is 0 Å². The minimum Gasteiger partial charge on any atom is -0.467 e. The molecule has 0 aliphatic carbocycles. The lowest BCUT2D eigenvalue weighted by molar-refractivity contribution is -0.152. The van der Waals surface area contributed by atoms with Crippen LogP contribution in [0.3, 0.4) is 0 Å². The molecular weight excluding hydrogens is 218 g/mol. The zero-order chi connectivity index (χ0) is 13.2. The van der Waals surface area contributed by atoms with E-state index < -0.39 is 0 Å². The van der Waals surface area contributed by atoms with E-state index in [0.717, 1.165) is 0 Å². The van der Waals surface area contributed by atoms with Crippen LogP contribution in [-0.2, 0) is 14.3 Å². The van der Waals surface area contributed by atoms with Crippen molar-refractivity contribution >= 4 is 11.9 Å². The third-order valence-electron chi connectivity index (χ3n) is 3.42. The predicted molar refractivity (Wildman–Crippen MR) is 65.3 cm³/mol. The zero-order valence-electron chi connectivity index (χ0n) is 11.4. The number of hydrogen-bond donors (Lipinski definition) is 0. The lowest BCUT2D eigenvalue weighted by Gasteiger charge is -2.37. The molecule has 4 heteroatoms. The van der Waals surface area contributed by atoms with Crippen LogP contribution in [0.25, 0.3) is 0 Å². The highest BCUT2D eigenvalue weighted by molar-refractivity contribution is 5.88. The number of ether oxygens (including phenoxy) is 1. The molecule has 0 N–H and O–H groups in total. The number of nitrogens with zero attached hydrogens (tertiary/aromatic N) is 1. The minimum atomic E-state index is -0.387. The van der Waals surface area contributed by atoms with Crippen molar-refractivity contribution in [3.8, 4) is 0 Å². The van der Waals surface area contributed by atoms with E-state index in [9.17, 15) is 9.59 Å². The van der Waals surface area contributed by atoms with Crippen LogP contribution in [0.4, 0.5) is 0 Å². The molecule has 1 saturated heterocycles. The van der Waals surface area contributed by atoms with E-state index >= 15 is 0 Å². The standard InChI is InChI=1S/C13H23NO3/c1-8(2)12(9(3)4)14-10(13(16)17-5)6-7-11(14)15/h8-10,12H,6-7H2,1-5H3. The topological polar surface area (TPSA) is 46.6 Å². The Kier molecular flexibility index (Phi) is 4.54. The third-order valence-corrected chi connectivity index (χ3v) is 3.42. The zero-order valence-corrected chi connectivity index (χ0v) is 11.4. The van der Waals surface area contributed by atoms with E-state index in [2.05, 4.69) is 27.7 Å². The summed E-state index contributed by atoms with van der Waals surface area (Å²) in [6.45, 7) is 8.35. The molecule has 17 heavy (non-hydrogen) atoms. The Morgan fingerprint density at radius 2 is 1.82 bits per heavy atom. The Balaban J connectivity index is 2.96. The van der Waals surface area contributed by atoms with Gasteiger partial charge in [0.05, 0.1) is 7.11 Å². The van der Waals surface area contributed by atoms with Crippen molar-refractivity contribution in [1.82, 2.24) is 4.90 Å². The second kappa shape index (κ2) is 5.52. The van der Waals surface area contributed by atoms with Crippen molar-refractivity contribution in [3.63, 3.8) is 0 Å². The van der Waals surface area contributed by atoms with E-state index in [1.54, 1.807) is 4.90 Å². The van der Waals surface area contributed by atoms with E-state index in [4.69, 9.17) is 4.74 Å². The van der Waals surface area contributed by atoms with E-state index in [-0.39, 0.29) is 24.0 Å². The Morgan fingerprint density at radius 3 is 2.24 bits per heavy atom. The summed E-state index contributed by atoms with van der Waals surface area (Å²) in [7, 11) is 1.38. The molecule has 1 rings (SSSR count). The second-order valence-electron chi connectivity index (χ2n) is 5.36. The lowest BCUT2D eigenvalue weighted by atomic mass is 9.91. The van der Waals surface area contributed by atoms with Gasteiger partial charge in [0.15, 0.2) is 0 Å². The first-order valence-corrected chi connectivity index (χ1v) is 6.29. The normalized spacial score (nSPS) is 20.8. The average Bonchev–Trinajstić information content (AvgIpc) is 2.59. The summed E-state index contributed by atoms with van der Waals surface area (Å²) in [4.78, 5) is 25.4. The van der Waals surface area contributed by atoms with Crippen LogP contribution in [0.5, 0.6) is 0 Å². The molecule has 0 saturated carbocycles. The first kappa shape index (κ1) is 14.0. The van der Waals surface area contributed by atoms with Crippen molar-refractivity contribution in [2.75, 3.05) is 7.11 Å². The van der Waals surface area contributed by atoms with Gasteiger partial charge in [-0.05, 0) is 18.3 Å². The molecule has 1 heterocycles. The Morgan fingerprint density at radius 1 is 1.29 bits per heavy atom. The number of carbonyl (C=O) groups excluding carboxylic acids is 2. The SMILES string of the molecule is COC(=O)C1CCC(=O)N1C(C(C)C)C(C)C. The van der Waals surface area contributed by atoms with Gasteiger partial charge in [-0.25, -0.2) is 4.79 Å². The lowest BCUT2D eigenvalue weighted by Crippen LogP contribution is -2.50. The molecule has 1 aliphatic rings. The molecule has 0 aromatic carbocycles. The van der Waals surface area contributed by atoms with E-state index in [1.165, 1.54) is 7.11 Å². The highest BCUT2D eigenvalue weighted by Gasteiger charge is 2.42. The highest BCUT2D eigenvalue weighted by Crippen LogP contribution is 2.29. The summed E-state index contributed by atoms with van der Waals surface area (Å²) >= 11 is 0. The molecule has 0 spiro atoms. The maximum atomic E-state index is 12.0. The first-order chi connectivity index (χ1) is 7.90. The van der Waals surface area contributed by atoms with E-state index in [0.29, 0.717) is 24.7 Å². The smallest absolute Gasteiger partial charge is 0.328 e. The summed E-state index contributed by atoms with van der Waals surface area (Å²) < 4.78 is 4.79. The summed E-state index contributed by atoms with van der Waals surface area (Å²) in [6.07, 6.45) is 1.04. The van der Waals surface area contributed by atoms with Gasteiger partial charge in [-0.15, -0.1) is 0 Å². The number of carbonyl (C=O) groups is 2. The number of likely N-dealkylation sites (tertiary alicyclic amines) is 1. The van der Waals surface area contributed by atoms with Gasteiger partial charge in [-0.1, -0.05) is 27.7 Å². The van der Waals surface area contributed by atoms with Gasteiger partial charge in [0.1, 0.15) is 6.04 Å². The molecule has 0 aromatic heterocycles. The molecular formula is C13H23NO3. The van der Waals surface area contributed by atoms with Crippen molar-refractivity contribution in [2.24, 2.45) is 11.8 Å². The fourth-order valence-electron chi connectivity index (χ4n) is 2.86. The van der Waals surface area contributed by atoms with Crippen molar-refractivity contribution < 1.29 is 14.3 Å². The van der Waals surface area contributed by atoms with E-state index in [1.807, 2.05) is 0 Å². The molecule has 1 fully saturated rings. The summed E-state index contributed by atoms with van der Waals surface area (Å²) in [6, 6.07) is -0.281. The molecule has 1 amide bonds. The van der Waals surface area contributed by atoms with Gasteiger partial charge in [-0.2, -0.15) is 0 Å². The first-order valence-electron chi connectivity index (χ1n) is 6.29. The number of methoxy groups -OCH3 is 1. The minimum absolute atomic E-state index is 0.0767.